The van der Waals surface area contributed by atoms with Crippen molar-refractivity contribution in [2.45, 2.75) is 17.7 Å². The molecule has 0 aromatic heterocycles. The molecule has 0 aliphatic heterocycles. The van der Waals surface area contributed by atoms with Crippen LogP contribution in [0.25, 0.3) is 22.3 Å². The maximum atomic E-state index is 5.80. The van der Waals surface area contributed by atoms with Crippen LogP contribution in [0.3, 0.4) is 0 Å². The van der Waals surface area contributed by atoms with Crippen LogP contribution < -0.4 is 4.74 Å². The molecule has 3 heteroatoms. The SMILES string of the molecule is COc1cccc(-c2ccccc2-c2ccccc2SCCCCCl)c1. The molecule has 26 heavy (non-hydrogen) atoms. The summed E-state index contributed by atoms with van der Waals surface area (Å²) in [5.41, 5.74) is 4.92. The van der Waals surface area contributed by atoms with Gasteiger partial charge in [0.2, 0.25) is 0 Å². The molecule has 0 saturated carbocycles. The van der Waals surface area contributed by atoms with Crippen LogP contribution in [0.15, 0.2) is 77.7 Å². The summed E-state index contributed by atoms with van der Waals surface area (Å²) in [4.78, 5) is 1.32. The summed E-state index contributed by atoms with van der Waals surface area (Å²) in [6.07, 6.45) is 2.21. The van der Waals surface area contributed by atoms with E-state index in [0.29, 0.717) is 0 Å². The second-order valence-electron chi connectivity index (χ2n) is 6.02. The van der Waals surface area contributed by atoms with Crippen LogP contribution in [0.2, 0.25) is 0 Å². The van der Waals surface area contributed by atoms with E-state index in [1.807, 2.05) is 23.9 Å². The Balaban J connectivity index is 1.98. The molecule has 3 aromatic rings. The van der Waals surface area contributed by atoms with Crippen LogP contribution in [0.4, 0.5) is 0 Å². The van der Waals surface area contributed by atoms with Gasteiger partial charge in [-0.05, 0) is 59.0 Å². The molecule has 0 atom stereocenters. The predicted octanol–water partition coefficient (Wildman–Crippen LogP) is 7.14. The van der Waals surface area contributed by atoms with Gasteiger partial charge in [0.05, 0.1) is 7.11 Å². The molecule has 0 saturated heterocycles. The third kappa shape index (κ3) is 4.63. The Labute approximate surface area is 165 Å². The van der Waals surface area contributed by atoms with Crippen molar-refractivity contribution in [1.82, 2.24) is 0 Å². The van der Waals surface area contributed by atoms with Gasteiger partial charge in [-0.2, -0.15) is 0 Å². The summed E-state index contributed by atoms with van der Waals surface area (Å²) >= 11 is 7.71. The van der Waals surface area contributed by atoms with Crippen LogP contribution >= 0.6 is 23.4 Å². The molecule has 1 nitrogen and oxygen atoms in total. The van der Waals surface area contributed by atoms with E-state index in [1.165, 1.54) is 27.1 Å². The second kappa shape index (κ2) is 9.70. The van der Waals surface area contributed by atoms with Crippen LogP contribution in [-0.4, -0.2) is 18.7 Å². The maximum Gasteiger partial charge on any atom is 0.119 e. The molecule has 3 aromatic carbocycles. The number of unbranched alkanes of at least 4 members (excludes halogenated alkanes) is 1. The number of benzene rings is 3. The topological polar surface area (TPSA) is 9.23 Å². The van der Waals surface area contributed by atoms with E-state index in [0.717, 1.165) is 30.2 Å². The van der Waals surface area contributed by atoms with Crippen LogP contribution in [-0.2, 0) is 0 Å². The first-order chi connectivity index (χ1) is 12.8. The normalized spacial score (nSPS) is 10.7. The van der Waals surface area contributed by atoms with Crippen LogP contribution in [0.1, 0.15) is 12.8 Å². The molecule has 0 bridgehead atoms. The van der Waals surface area contributed by atoms with Gasteiger partial charge in [-0.1, -0.05) is 54.6 Å². The predicted molar refractivity (Wildman–Crippen MR) is 115 cm³/mol. The van der Waals surface area contributed by atoms with Crippen LogP contribution in [0.5, 0.6) is 5.75 Å². The summed E-state index contributed by atoms with van der Waals surface area (Å²) < 4.78 is 5.41. The number of alkyl halides is 1. The Hall–Kier alpha value is -1.90. The minimum Gasteiger partial charge on any atom is -0.497 e. The number of rotatable bonds is 8. The zero-order valence-corrected chi connectivity index (χ0v) is 16.5. The van der Waals surface area contributed by atoms with E-state index in [-0.39, 0.29) is 0 Å². The first-order valence-corrected chi connectivity index (χ1v) is 10.4. The quantitative estimate of drug-likeness (QED) is 0.232. The third-order valence-electron chi connectivity index (χ3n) is 4.27. The molecular formula is C23H23ClOS. The van der Waals surface area contributed by atoms with E-state index >= 15 is 0 Å². The van der Waals surface area contributed by atoms with Gasteiger partial charge in [0, 0.05) is 10.8 Å². The molecule has 0 radical (unpaired) electrons. The monoisotopic (exact) mass is 382 g/mol. The Morgan fingerprint density at radius 1 is 0.808 bits per heavy atom. The standard InChI is InChI=1S/C23H23ClOS/c1-25-19-10-8-9-18(17-19)20-11-2-3-12-21(20)22-13-4-5-14-23(22)26-16-7-6-15-24/h2-5,8-14,17H,6-7,15-16H2,1H3. The number of ether oxygens (including phenoxy) is 1. The molecule has 0 aliphatic rings. The van der Waals surface area contributed by atoms with Crippen molar-refractivity contribution in [2.24, 2.45) is 0 Å². The van der Waals surface area contributed by atoms with Gasteiger partial charge in [0.1, 0.15) is 5.75 Å². The number of hydrogen-bond donors (Lipinski definition) is 0. The molecule has 0 heterocycles. The minimum atomic E-state index is 0.737. The highest BCUT2D eigenvalue weighted by molar-refractivity contribution is 7.99. The lowest BCUT2D eigenvalue weighted by molar-refractivity contribution is 0.415. The van der Waals surface area contributed by atoms with E-state index in [2.05, 4.69) is 60.7 Å². The highest BCUT2D eigenvalue weighted by Crippen LogP contribution is 2.38. The highest BCUT2D eigenvalue weighted by Gasteiger charge is 2.11. The molecule has 0 aliphatic carbocycles. The van der Waals surface area contributed by atoms with Gasteiger partial charge in [0.25, 0.3) is 0 Å². The molecule has 0 spiro atoms. The molecule has 0 fully saturated rings. The summed E-state index contributed by atoms with van der Waals surface area (Å²) in [6, 6.07) is 25.5. The summed E-state index contributed by atoms with van der Waals surface area (Å²) in [5, 5.41) is 0. The molecule has 0 N–H and O–H groups in total. The zero-order valence-electron chi connectivity index (χ0n) is 15.0. The summed E-state index contributed by atoms with van der Waals surface area (Å²) in [5.74, 6) is 2.70. The first kappa shape index (κ1) is 18.9. The van der Waals surface area contributed by atoms with Crippen LogP contribution in [0, 0.1) is 0 Å². The molecule has 134 valence electrons. The Morgan fingerprint density at radius 2 is 1.54 bits per heavy atom. The molecule has 0 amide bonds. The van der Waals surface area contributed by atoms with Crippen molar-refractivity contribution < 1.29 is 4.74 Å². The average Bonchev–Trinajstić information content (AvgIpc) is 2.71. The lowest BCUT2D eigenvalue weighted by Crippen LogP contribution is -1.90. The number of thioether (sulfide) groups is 1. The maximum absolute atomic E-state index is 5.80. The van der Waals surface area contributed by atoms with E-state index < -0.39 is 0 Å². The van der Waals surface area contributed by atoms with Gasteiger partial charge >= 0.3 is 0 Å². The van der Waals surface area contributed by atoms with Crippen molar-refractivity contribution in [3.8, 4) is 28.0 Å². The smallest absolute Gasteiger partial charge is 0.119 e. The average molecular weight is 383 g/mol. The number of halogens is 1. The van der Waals surface area contributed by atoms with E-state index in [4.69, 9.17) is 16.3 Å². The third-order valence-corrected chi connectivity index (χ3v) is 5.70. The Kier molecular flexibility index (Phi) is 7.04. The Morgan fingerprint density at radius 3 is 2.31 bits per heavy atom. The Bertz CT molecular complexity index is 847. The van der Waals surface area contributed by atoms with Crippen molar-refractivity contribution in [3.05, 3.63) is 72.8 Å². The fourth-order valence-electron chi connectivity index (χ4n) is 2.95. The number of hydrogen-bond acceptors (Lipinski definition) is 2. The van der Waals surface area contributed by atoms with E-state index in [1.54, 1.807) is 7.11 Å². The number of methoxy groups -OCH3 is 1. The summed E-state index contributed by atoms with van der Waals surface area (Å²) in [7, 11) is 1.71. The minimum absolute atomic E-state index is 0.737. The lowest BCUT2D eigenvalue weighted by atomic mass is 9.94. The van der Waals surface area contributed by atoms with E-state index in [9.17, 15) is 0 Å². The first-order valence-electron chi connectivity index (χ1n) is 8.85. The second-order valence-corrected chi connectivity index (χ2v) is 7.53. The molecule has 3 rings (SSSR count). The summed E-state index contributed by atoms with van der Waals surface area (Å²) in [6.45, 7) is 0. The van der Waals surface area contributed by atoms with Gasteiger partial charge in [0.15, 0.2) is 0 Å². The highest BCUT2D eigenvalue weighted by atomic mass is 35.5. The van der Waals surface area contributed by atoms with Gasteiger partial charge in [-0.15, -0.1) is 23.4 Å². The lowest BCUT2D eigenvalue weighted by Gasteiger charge is -2.14. The van der Waals surface area contributed by atoms with Gasteiger partial charge in [-0.3, -0.25) is 0 Å². The fraction of sp³-hybridized carbons (Fsp3) is 0.217. The van der Waals surface area contributed by atoms with Crippen molar-refractivity contribution in [1.29, 1.82) is 0 Å². The molecular weight excluding hydrogens is 360 g/mol. The van der Waals surface area contributed by atoms with Gasteiger partial charge in [-0.25, -0.2) is 0 Å². The van der Waals surface area contributed by atoms with Crippen molar-refractivity contribution in [3.63, 3.8) is 0 Å². The van der Waals surface area contributed by atoms with Gasteiger partial charge < -0.3 is 4.74 Å². The van der Waals surface area contributed by atoms with Crippen molar-refractivity contribution >= 4 is 23.4 Å². The zero-order chi connectivity index (χ0) is 18.2. The molecule has 0 unspecified atom stereocenters. The largest absolute Gasteiger partial charge is 0.497 e. The fourth-order valence-corrected chi connectivity index (χ4v) is 4.22. The van der Waals surface area contributed by atoms with Crippen molar-refractivity contribution in [2.75, 3.05) is 18.7 Å².